The molecule has 0 bridgehead atoms. The molecule has 0 saturated carbocycles. The summed E-state index contributed by atoms with van der Waals surface area (Å²) in [5, 5.41) is 0.893. The van der Waals surface area contributed by atoms with E-state index in [0.717, 1.165) is 11.1 Å². The number of nitrogens with one attached hydrogen (secondary N) is 1. The maximum Gasteiger partial charge on any atom is 0.241 e. The number of sulfonamides is 1. The Hall–Kier alpha value is -1.85. The summed E-state index contributed by atoms with van der Waals surface area (Å²) in [6.07, 6.45) is 0. The highest BCUT2D eigenvalue weighted by Crippen LogP contribution is 2.31. The van der Waals surface area contributed by atoms with Crippen LogP contribution >= 0.6 is 23.2 Å². The number of hydrogen-bond acceptors (Lipinski definition) is 2. The molecule has 26 heavy (non-hydrogen) atoms. The van der Waals surface area contributed by atoms with Crippen molar-refractivity contribution >= 4 is 33.2 Å². The fourth-order valence-electron chi connectivity index (χ4n) is 2.63. The molecule has 3 aromatic carbocycles. The predicted molar refractivity (Wildman–Crippen MR) is 106 cm³/mol. The van der Waals surface area contributed by atoms with Crippen LogP contribution in [0.15, 0.2) is 77.7 Å². The zero-order chi connectivity index (χ0) is 18.7. The number of hydrogen-bond donors (Lipinski definition) is 1. The lowest BCUT2D eigenvalue weighted by Gasteiger charge is -2.21. The van der Waals surface area contributed by atoms with E-state index in [1.807, 2.05) is 37.3 Å². The van der Waals surface area contributed by atoms with E-state index in [4.69, 9.17) is 23.2 Å². The van der Waals surface area contributed by atoms with Gasteiger partial charge in [-0.05, 0) is 42.3 Å². The fourth-order valence-corrected chi connectivity index (χ4v) is 4.35. The SMILES string of the molecule is Cc1ccc(S(=O)(=O)NC(c2ccccc2)c2ccc(Cl)cc2Cl)cc1. The molecule has 3 aromatic rings. The molecule has 1 N–H and O–H groups in total. The molecular formula is C20H17Cl2NO2S. The van der Waals surface area contributed by atoms with Gasteiger partial charge in [0.1, 0.15) is 0 Å². The van der Waals surface area contributed by atoms with Gasteiger partial charge in [-0.15, -0.1) is 0 Å². The lowest BCUT2D eigenvalue weighted by Crippen LogP contribution is -2.29. The largest absolute Gasteiger partial charge is 0.241 e. The van der Waals surface area contributed by atoms with Crippen molar-refractivity contribution in [1.82, 2.24) is 4.72 Å². The van der Waals surface area contributed by atoms with E-state index in [0.29, 0.717) is 15.6 Å². The van der Waals surface area contributed by atoms with Crippen molar-refractivity contribution in [3.63, 3.8) is 0 Å². The van der Waals surface area contributed by atoms with Crippen molar-refractivity contribution in [3.8, 4) is 0 Å². The van der Waals surface area contributed by atoms with Crippen LogP contribution in [0, 0.1) is 6.92 Å². The Morgan fingerprint density at radius 2 is 1.54 bits per heavy atom. The molecular weight excluding hydrogens is 389 g/mol. The summed E-state index contributed by atoms with van der Waals surface area (Å²) in [6.45, 7) is 1.91. The van der Waals surface area contributed by atoms with Gasteiger partial charge in [-0.25, -0.2) is 8.42 Å². The third-order valence-electron chi connectivity index (χ3n) is 4.01. The lowest BCUT2D eigenvalue weighted by molar-refractivity contribution is 0.572. The molecule has 3 rings (SSSR count). The molecule has 3 nitrogen and oxygen atoms in total. The first-order valence-corrected chi connectivity index (χ1v) is 10.2. The minimum Gasteiger partial charge on any atom is -0.207 e. The molecule has 0 aliphatic heterocycles. The molecule has 1 unspecified atom stereocenters. The summed E-state index contributed by atoms with van der Waals surface area (Å²) < 4.78 is 28.6. The maximum absolute atomic E-state index is 12.9. The van der Waals surface area contributed by atoms with Crippen LogP contribution in [0.2, 0.25) is 10.0 Å². The van der Waals surface area contributed by atoms with E-state index < -0.39 is 16.1 Å². The van der Waals surface area contributed by atoms with E-state index in [9.17, 15) is 8.42 Å². The minimum absolute atomic E-state index is 0.203. The molecule has 0 spiro atoms. The van der Waals surface area contributed by atoms with Crippen molar-refractivity contribution in [3.05, 3.63) is 99.5 Å². The summed E-state index contributed by atoms with van der Waals surface area (Å²) >= 11 is 12.3. The third kappa shape index (κ3) is 4.27. The number of aryl methyl sites for hydroxylation is 1. The average molecular weight is 406 g/mol. The molecule has 0 saturated heterocycles. The van der Waals surface area contributed by atoms with Gasteiger partial charge in [-0.2, -0.15) is 4.72 Å². The molecule has 0 aromatic heterocycles. The van der Waals surface area contributed by atoms with E-state index >= 15 is 0 Å². The second-order valence-electron chi connectivity index (χ2n) is 5.94. The van der Waals surface area contributed by atoms with Gasteiger partial charge in [0.05, 0.1) is 10.9 Å². The molecule has 1 atom stereocenters. The Bertz CT molecular complexity index is 1000. The van der Waals surface area contributed by atoms with Crippen LogP contribution < -0.4 is 4.72 Å². The Kier molecular flexibility index (Phi) is 5.68. The molecule has 0 radical (unpaired) electrons. The Balaban J connectivity index is 2.05. The van der Waals surface area contributed by atoms with Gasteiger partial charge in [0, 0.05) is 10.0 Å². The number of halogens is 2. The summed E-state index contributed by atoms with van der Waals surface area (Å²) in [5.41, 5.74) is 2.41. The van der Waals surface area contributed by atoms with Gasteiger partial charge in [-0.3, -0.25) is 0 Å². The summed E-state index contributed by atoms with van der Waals surface area (Å²) in [5.74, 6) is 0. The molecule has 134 valence electrons. The second-order valence-corrected chi connectivity index (χ2v) is 8.50. The van der Waals surface area contributed by atoms with Crippen LogP contribution in [-0.4, -0.2) is 8.42 Å². The third-order valence-corrected chi connectivity index (χ3v) is 6.01. The van der Waals surface area contributed by atoms with Crippen LogP contribution in [0.1, 0.15) is 22.7 Å². The van der Waals surface area contributed by atoms with Crippen LogP contribution in [-0.2, 0) is 10.0 Å². The van der Waals surface area contributed by atoms with E-state index in [1.165, 1.54) is 0 Å². The summed E-state index contributed by atoms with van der Waals surface area (Å²) in [4.78, 5) is 0.203. The molecule has 0 heterocycles. The Morgan fingerprint density at radius 3 is 2.15 bits per heavy atom. The van der Waals surface area contributed by atoms with E-state index in [-0.39, 0.29) is 4.90 Å². The van der Waals surface area contributed by atoms with Crippen molar-refractivity contribution in [2.75, 3.05) is 0 Å². The van der Waals surface area contributed by atoms with Crippen LogP contribution in [0.3, 0.4) is 0 Å². The molecule has 0 aliphatic carbocycles. The van der Waals surface area contributed by atoms with Crippen LogP contribution in [0.4, 0.5) is 0 Å². The minimum atomic E-state index is -3.74. The van der Waals surface area contributed by atoms with Crippen LogP contribution in [0.25, 0.3) is 0 Å². The van der Waals surface area contributed by atoms with Gasteiger partial charge in [-0.1, -0.05) is 77.3 Å². The highest BCUT2D eigenvalue weighted by Gasteiger charge is 2.24. The fraction of sp³-hybridized carbons (Fsp3) is 0.100. The predicted octanol–water partition coefficient (Wildman–Crippen LogP) is 5.37. The quantitative estimate of drug-likeness (QED) is 0.619. The monoisotopic (exact) mass is 405 g/mol. The van der Waals surface area contributed by atoms with Gasteiger partial charge in [0.2, 0.25) is 10.0 Å². The molecule has 6 heteroatoms. The van der Waals surface area contributed by atoms with Crippen molar-refractivity contribution in [2.45, 2.75) is 17.9 Å². The highest BCUT2D eigenvalue weighted by atomic mass is 35.5. The molecule has 0 aliphatic rings. The van der Waals surface area contributed by atoms with Gasteiger partial charge in [0.25, 0.3) is 0 Å². The lowest BCUT2D eigenvalue weighted by atomic mass is 10.00. The highest BCUT2D eigenvalue weighted by molar-refractivity contribution is 7.89. The van der Waals surface area contributed by atoms with Gasteiger partial charge < -0.3 is 0 Å². The Morgan fingerprint density at radius 1 is 0.885 bits per heavy atom. The maximum atomic E-state index is 12.9. The standard InChI is InChI=1S/C20H17Cl2NO2S/c1-14-7-10-17(11-8-14)26(24,25)23-20(15-5-3-2-4-6-15)18-12-9-16(21)13-19(18)22/h2-13,20,23H,1H3. The van der Waals surface area contributed by atoms with E-state index in [2.05, 4.69) is 4.72 Å². The van der Waals surface area contributed by atoms with Crippen molar-refractivity contribution < 1.29 is 8.42 Å². The second kappa shape index (κ2) is 7.80. The van der Waals surface area contributed by atoms with Gasteiger partial charge >= 0.3 is 0 Å². The van der Waals surface area contributed by atoms with Gasteiger partial charge in [0.15, 0.2) is 0 Å². The Labute approximate surface area is 163 Å². The topological polar surface area (TPSA) is 46.2 Å². The summed E-state index contributed by atoms with van der Waals surface area (Å²) in [7, 11) is -3.74. The average Bonchev–Trinajstić information content (AvgIpc) is 2.61. The molecule has 0 fully saturated rings. The first-order chi connectivity index (χ1) is 12.4. The first-order valence-electron chi connectivity index (χ1n) is 7.96. The zero-order valence-electron chi connectivity index (χ0n) is 14.0. The normalized spacial score (nSPS) is 12.7. The number of rotatable bonds is 5. The molecule has 0 amide bonds. The van der Waals surface area contributed by atoms with Crippen molar-refractivity contribution in [2.24, 2.45) is 0 Å². The van der Waals surface area contributed by atoms with Crippen LogP contribution in [0.5, 0.6) is 0 Å². The van der Waals surface area contributed by atoms with E-state index in [1.54, 1.807) is 42.5 Å². The smallest absolute Gasteiger partial charge is 0.207 e. The van der Waals surface area contributed by atoms with Crippen molar-refractivity contribution in [1.29, 1.82) is 0 Å². The summed E-state index contributed by atoms with van der Waals surface area (Å²) in [6, 6.07) is 20.4. The number of benzene rings is 3. The first kappa shape index (κ1) is 18.9. The zero-order valence-corrected chi connectivity index (χ0v) is 16.3.